The van der Waals surface area contributed by atoms with Gasteiger partial charge in [0.25, 0.3) is 0 Å². The summed E-state index contributed by atoms with van der Waals surface area (Å²) in [5, 5.41) is 9.43. The number of anilines is 1. The third-order valence-electron chi connectivity index (χ3n) is 26.6. The fraction of sp³-hybridized carbons (Fsp3) is 0.353. The van der Waals surface area contributed by atoms with Crippen LogP contribution in [0.2, 0.25) is 0 Å². The summed E-state index contributed by atoms with van der Waals surface area (Å²) in [5.74, 6) is 4.12. The number of nitrogens with zero attached hydrogens (tertiary/aromatic N) is 2. The molecule has 118 heavy (non-hydrogen) atoms. The predicted molar refractivity (Wildman–Crippen MR) is 509 cm³/mol. The van der Waals surface area contributed by atoms with Crippen LogP contribution < -0.4 is 4.90 Å². The molecule has 2 nitrogen and oxygen atoms in total. The van der Waals surface area contributed by atoms with E-state index >= 15 is 0 Å². The molecule has 1 aliphatic heterocycles. The van der Waals surface area contributed by atoms with E-state index in [0.29, 0.717) is 63.1 Å². The number of rotatable bonds is 20. The first kappa shape index (κ1) is 85.5. The average Bonchev–Trinajstić information content (AvgIpc) is 1.62. The SMILES string of the molecule is C=C1CCN1c1ccc(-c2cccc(C(C)C)c2)cc1.CC(C)c1cccc(-c2ccc(C3(C)CC3)cc2)c1.CC(C)c1cccc(-c2ccc(C3(C)CC3)cc2)c1.CC(C)c1cccc(-c2ccc(C3CC3)cc2C#N)c1.CC(C)c1cccc(-c2ccc(CC3(C)CC3)cc2)c1.CCC1(c2ccc(-c3cccc(C(C)C)c3)cc2)CC1. The van der Waals surface area contributed by atoms with Gasteiger partial charge in [-0.2, -0.15) is 5.26 Å². The van der Waals surface area contributed by atoms with Gasteiger partial charge in [-0.05, 0) is 286 Å². The van der Waals surface area contributed by atoms with Crippen LogP contribution in [0, 0.1) is 16.7 Å². The third kappa shape index (κ3) is 22.1. The Morgan fingerprint density at radius 3 is 0.958 bits per heavy atom. The van der Waals surface area contributed by atoms with Gasteiger partial charge in [-0.25, -0.2) is 0 Å². The van der Waals surface area contributed by atoms with Crippen molar-refractivity contribution in [3.05, 3.63) is 364 Å². The van der Waals surface area contributed by atoms with Gasteiger partial charge in [0.15, 0.2) is 0 Å². The van der Waals surface area contributed by atoms with E-state index in [1.54, 1.807) is 0 Å². The standard InChI is InChI=1S/2C20H24.C19H21N.C19H19N.2C19H22/c1-15(2)18-5-4-6-19(13-18)17-9-7-16(8-10-17)14-20(3)11-12-20;1-4-20(12-13-20)19-10-8-16(9-11-19)18-7-5-6-17(14-18)15(2)3;1-14(2)17-5-4-6-18(13-17)16-7-9-19(10-8-16)20-12-11-15(20)3;1-13(2)15-4-3-5-17(10-15)19-9-8-16(14-6-7-14)11-18(19)12-20;2*1-14(2)16-5-4-6-17(13-16)15-7-9-18(10-8-15)19(3)11-12-19/h4-10,13,15H,11-12,14H2,1-3H3;5-11,14-15H,4,12-13H2,1-3H3;4-10,13-14H,3,11-12H2,1-2H3;3-5,8-11,13-14H,6-7H2,1-2H3;2*4-10,13-14H,11-12H2,1-3H3. The van der Waals surface area contributed by atoms with Crippen LogP contribution in [0.5, 0.6) is 0 Å². The van der Waals surface area contributed by atoms with Crippen molar-refractivity contribution in [1.82, 2.24) is 0 Å². The van der Waals surface area contributed by atoms with Gasteiger partial charge in [0.1, 0.15) is 0 Å². The first-order valence-corrected chi connectivity index (χ1v) is 44.8. The Morgan fingerprint density at radius 1 is 0.356 bits per heavy atom. The van der Waals surface area contributed by atoms with E-state index in [9.17, 15) is 5.26 Å². The molecule has 5 saturated carbocycles. The molecule has 1 saturated heterocycles. The second-order valence-corrected chi connectivity index (χ2v) is 38.1. The molecule has 2 heteroatoms. The van der Waals surface area contributed by atoms with E-state index in [-0.39, 0.29) is 0 Å². The first-order valence-electron chi connectivity index (χ1n) is 44.8. The molecule has 0 unspecified atom stereocenters. The summed E-state index contributed by atoms with van der Waals surface area (Å²) in [6, 6.07) is 107. The highest BCUT2D eigenvalue weighted by molar-refractivity contribution is 5.74. The normalized spacial score (nSPS) is 15.8. The van der Waals surface area contributed by atoms with Crippen LogP contribution in [0.4, 0.5) is 5.69 Å². The van der Waals surface area contributed by atoms with Gasteiger partial charge in [0, 0.05) is 24.4 Å². The smallest absolute Gasteiger partial charge is 0.0998 e. The van der Waals surface area contributed by atoms with E-state index in [0.717, 1.165) is 29.7 Å². The molecule has 606 valence electrons. The summed E-state index contributed by atoms with van der Waals surface area (Å²) >= 11 is 0. The number of hydrogen-bond acceptors (Lipinski definition) is 2. The van der Waals surface area contributed by atoms with Crippen LogP contribution in [0.3, 0.4) is 0 Å². The molecule has 0 bridgehead atoms. The molecule has 0 aromatic heterocycles. The van der Waals surface area contributed by atoms with Crippen LogP contribution in [0.1, 0.15) is 296 Å². The van der Waals surface area contributed by atoms with Crippen LogP contribution in [0.25, 0.3) is 66.8 Å². The van der Waals surface area contributed by atoms with Gasteiger partial charge in [0.2, 0.25) is 0 Å². The van der Waals surface area contributed by atoms with E-state index in [1.165, 1.54) is 205 Å². The van der Waals surface area contributed by atoms with Crippen molar-refractivity contribution in [3.8, 4) is 72.8 Å². The van der Waals surface area contributed by atoms with Gasteiger partial charge >= 0.3 is 0 Å². The topological polar surface area (TPSA) is 27.0 Å². The molecule has 0 amide bonds. The van der Waals surface area contributed by atoms with Gasteiger partial charge in [-0.15, -0.1) is 0 Å². The molecule has 0 radical (unpaired) electrons. The summed E-state index contributed by atoms with van der Waals surface area (Å²) < 4.78 is 0. The highest BCUT2D eigenvalue weighted by atomic mass is 15.2. The highest BCUT2D eigenvalue weighted by Crippen LogP contribution is 2.52. The fourth-order valence-corrected chi connectivity index (χ4v) is 16.3. The monoisotopic (exact) mass is 1550 g/mol. The Kier molecular flexibility index (Phi) is 27.4. The molecule has 0 spiro atoms. The molecule has 12 aromatic carbocycles. The minimum Gasteiger partial charge on any atom is -0.345 e. The van der Waals surface area contributed by atoms with Crippen molar-refractivity contribution in [2.75, 3.05) is 11.4 Å². The predicted octanol–water partition coefficient (Wildman–Crippen LogP) is 33.2. The molecule has 18 rings (SSSR count). The molecule has 5 aliphatic carbocycles. The van der Waals surface area contributed by atoms with Crippen LogP contribution in [-0.4, -0.2) is 6.54 Å². The zero-order valence-electron chi connectivity index (χ0n) is 74.2. The summed E-state index contributed by atoms with van der Waals surface area (Å²) in [4.78, 5) is 2.27. The lowest BCUT2D eigenvalue weighted by Crippen LogP contribution is -2.33. The Hall–Kier alpha value is -10.3. The van der Waals surface area contributed by atoms with Crippen molar-refractivity contribution < 1.29 is 0 Å². The van der Waals surface area contributed by atoms with E-state index in [2.05, 4.69) is 413 Å². The third-order valence-corrected chi connectivity index (χ3v) is 26.6. The summed E-state index contributed by atoms with van der Waals surface area (Å²) in [5.41, 5.74) is 36.5. The van der Waals surface area contributed by atoms with Gasteiger partial charge in [-0.3, -0.25) is 0 Å². The first-order chi connectivity index (χ1) is 56.7. The second-order valence-electron chi connectivity index (χ2n) is 38.1. The Labute approximate surface area is 712 Å². The minimum absolute atomic E-state index is 0.471. The molecule has 6 aliphatic rings. The van der Waals surface area contributed by atoms with E-state index in [4.69, 9.17) is 0 Å². The summed E-state index contributed by atoms with van der Waals surface area (Å²) in [6.07, 6.45) is 17.1. The maximum Gasteiger partial charge on any atom is 0.0998 e. The van der Waals surface area contributed by atoms with Crippen molar-refractivity contribution in [2.45, 2.75) is 252 Å². The summed E-state index contributed by atoms with van der Waals surface area (Å²) in [6.45, 7) is 41.4. The highest BCUT2D eigenvalue weighted by Gasteiger charge is 2.43. The molecule has 1 heterocycles. The van der Waals surface area contributed by atoms with Gasteiger partial charge in [-0.1, -0.05) is 384 Å². The number of hydrogen-bond donors (Lipinski definition) is 0. The quantitative estimate of drug-likeness (QED) is 0.0760. The maximum atomic E-state index is 9.43. The lowest BCUT2D eigenvalue weighted by Gasteiger charge is -2.35. The van der Waals surface area contributed by atoms with Crippen molar-refractivity contribution >= 4 is 5.69 Å². The van der Waals surface area contributed by atoms with Crippen molar-refractivity contribution in [3.63, 3.8) is 0 Å². The van der Waals surface area contributed by atoms with Crippen molar-refractivity contribution in [2.24, 2.45) is 5.41 Å². The van der Waals surface area contributed by atoms with Crippen molar-refractivity contribution in [1.29, 1.82) is 5.26 Å². The molecule has 6 fully saturated rings. The largest absolute Gasteiger partial charge is 0.345 e. The lowest BCUT2D eigenvalue weighted by molar-refractivity contribution is 0.570. The second kappa shape index (κ2) is 37.7. The molecular weight excluding hydrogens is 1420 g/mol. The summed E-state index contributed by atoms with van der Waals surface area (Å²) in [7, 11) is 0. The Morgan fingerprint density at radius 2 is 0.678 bits per heavy atom. The van der Waals surface area contributed by atoms with E-state index < -0.39 is 0 Å². The molecule has 0 N–H and O–H groups in total. The van der Waals surface area contributed by atoms with Gasteiger partial charge in [0.05, 0.1) is 11.6 Å². The average molecular weight is 1550 g/mol. The maximum absolute atomic E-state index is 9.43. The zero-order chi connectivity index (χ0) is 83.5. The minimum atomic E-state index is 0.471. The Balaban J connectivity index is 0.000000123. The molecule has 0 atom stereocenters. The fourth-order valence-electron chi connectivity index (χ4n) is 16.3. The van der Waals surface area contributed by atoms with Crippen LogP contribution in [-0.2, 0) is 22.7 Å². The number of benzene rings is 12. The van der Waals surface area contributed by atoms with Gasteiger partial charge < -0.3 is 4.90 Å². The van der Waals surface area contributed by atoms with Crippen LogP contribution in [0.15, 0.2) is 297 Å². The van der Waals surface area contributed by atoms with Crippen LogP contribution >= 0.6 is 0 Å². The molecular formula is C116H132N2. The van der Waals surface area contributed by atoms with E-state index in [1.807, 2.05) is 0 Å². The zero-order valence-corrected chi connectivity index (χ0v) is 74.2. The molecule has 12 aromatic rings. The number of nitriles is 1. The lowest BCUT2D eigenvalue weighted by atomic mass is 9.91. The Bertz CT molecular complexity index is 5250.